The quantitative estimate of drug-likeness (QED) is 0.635. The van der Waals surface area contributed by atoms with Crippen molar-refractivity contribution in [1.82, 2.24) is 0 Å². The van der Waals surface area contributed by atoms with Crippen LogP contribution < -0.4 is 0 Å². The minimum atomic E-state index is -1.61. The number of aryl methyl sites for hydroxylation is 2. The van der Waals surface area contributed by atoms with Gasteiger partial charge in [-0.05, 0) is 42.7 Å². The summed E-state index contributed by atoms with van der Waals surface area (Å²) in [6.07, 6.45) is 2.54. The number of allylic oxidation sites excluding steroid dienone is 2. The minimum absolute atomic E-state index is 0.589. The Morgan fingerprint density at radius 1 is 1.14 bits per heavy atom. The van der Waals surface area contributed by atoms with Gasteiger partial charge in [0.15, 0.2) is 5.67 Å². The predicted octanol–water partition coefficient (Wildman–Crippen LogP) is 3.84. The Bertz CT molecular complexity index is 355. The Labute approximate surface area is 84.8 Å². The molecule has 1 heteroatoms. The fourth-order valence-corrected chi connectivity index (χ4v) is 1.30. The van der Waals surface area contributed by atoms with Crippen LogP contribution in [-0.4, -0.2) is 0 Å². The number of hydrogen-bond acceptors (Lipinski definition) is 0. The zero-order chi connectivity index (χ0) is 10.8. The van der Waals surface area contributed by atoms with Crippen molar-refractivity contribution in [2.75, 3.05) is 0 Å². The summed E-state index contributed by atoms with van der Waals surface area (Å²) in [6.45, 7) is 10.9. The topological polar surface area (TPSA) is 0 Å². The van der Waals surface area contributed by atoms with Crippen LogP contribution in [0.1, 0.15) is 16.7 Å². The van der Waals surface area contributed by atoms with Crippen LogP contribution in [0.15, 0.2) is 43.5 Å². The third-order valence-corrected chi connectivity index (χ3v) is 2.54. The van der Waals surface area contributed by atoms with Crippen molar-refractivity contribution in [3.8, 4) is 0 Å². The summed E-state index contributed by atoms with van der Waals surface area (Å²) in [5.41, 5.74) is 1.21. The van der Waals surface area contributed by atoms with Crippen LogP contribution in [0.2, 0.25) is 0 Å². The summed E-state index contributed by atoms with van der Waals surface area (Å²) in [5, 5.41) is 0. The molecule has 0 aliphatic rings. The maximum absolute atomic E-state index is 14.1. The summed E-state index contributed by atoms with van der Waals surface area (Å²) < 4.78 is 14.1. The molecule has 0 bridgehead atoms. The van der Waals surface area contributed by atoms with Gasteiger partial charge >= 0.3 is 0 Å². The van der Waals surface area contributed by atoms with Gasteiger partial charge in [0, 0.05) is 0 Å². The maximum atomic E-state index is 14.1. The molecular formula is C13H15F. The van der Waals surface area contributed by atoms with Gasteiger partial charge in [-0.1, -0.05) is 31.4 Å². The lowest BCUT2D eigenvalue weighted by molar-refractivity contribution is 0.307. The molecule has 0 saturated carbocycles. The Kier molecular flexibility index (Phi) is 2.90. The normalized spacial score (nSPS) is 11.1. The smallest absolute Gasteiger partial charge is 0.171 e. The number of rotatable bonds is 3. The van der Waals surface area contributed by atoms with E-state index in [2.05, 4.69) is 13.2 Å². The highest BCUT2D eigenvalue weighted by Crippen LogP contribution is 2.29. The number of halogens is 1. The van der Waals surface area contributed by atoms with E-state index in [9.17, 15) is 4.39 Å². The van der Waals surface area contributed by atoms with Crippen LogP contribution in [0.3, 0.4) is 0 Å². The lowest BCUT2D eigenvalue weighted by Crippen LogP contribution is -2.12. The number of alkyl halides is 1. The highest BCUT2D eigenvalue weighted by molar-refractivity contribution is 5.38. The first-order valence-electron chi connectivity index (χ1n) is 4.57. The van der Waals surface area contributed by atoms with Crippen molar-refractivity contribution in [3.63, 3.8) is 0 Å². The van der Waals surface area contributed by atoms with E-state index in [0.29, 0.717) is 5.56 Å². The molecule has 1 aromatic carbocycles. The molecule has 0 aromatic heterocycles. The first kappa shape index (κ1) is 10.7. The third-order valence-electron chi connectivity index (χ3n) is 2.54. The molecule has 0 saturated heterocycles. The zero-order valence-electron chi connectivity index (χ0n) is 8.68. The second-order valence-electron chi connectivity index (χ2n) is 3.48. The average Bonchev–Trinajstić information content (AvgIpc) is 2.21. The summed E-state index contributed by atoms with van der Waals surface area (Å²) >= 11 is 0. The van der Waals surface area contributed by atoms with Gasteiger partial charge in [0.05, 0.1) is 0 Å². The Morgan fingerprint density at radius 2 is 1.71 bits per heavy atom. The molecule has 1 aromatic rings. The second kappa shape index (κ2) is 3.79. The monoisotopic (exact) mass is 190 g/mol. The van der Waals surface area contributed by atoms with Crippen LogP contribution in [0, 0.1) is 13.8 Å². The Balaban J connectivity index is 3.25. The number of hydrogen-bond donors (Lipinski definition) is 0. The lowest BCUT2D eigenvalue weighted by atomic mass is 9.93. The van der Waals surface area contributed by atoms with E-state index < -0.39 is 5.67 Å². The Morgan fingerprint density at radius 3 is 2.14 bits per heavy atom. The molecular weight excluding hydrogens is 175 g/mol. The average molecular weight is 190 g/mol. The molecule has 0 radical (unpaired) electrons. The molecule has 0 N–H and O–H groups in total. The van der Waals surface area contributed by atoms with Gasteiger partial charge in [-0.3, -0.25) is 0 Å². The standard InChI is InChI=1S/C13H15F/c1-5-13(14,6-2)12-8-7-10(3)11(4)9-12/h5-9H,1-2H2,3-4H3. The summed E-state index contributed by atoms with van der Waals surface area (Å²) in [6, 6.07) is 5.51. The molecule has 74 valence electrons. The molecule has 0 amide bonds. The maximum Gasteiger partial charge on any atom is 0.171 e. The van der Waals surface area contributed by atoms with Crippen LogP contribution in [0.5, 0.6) is 0 Å². The fraction of sp³-hybridized carbons (Fsp3) is 0.231. The van der Waals surface area contributed by atoms with Gasteiger partial charge in [0.25, 0.3) is 0 Å². The van der Waals surface area contributed by atoms with Crippen molar-refractivity contribution >= 4 is 0 Å². The van der Waals surface area contributed by atoms with E-state index in [1.54, 1.807) is 6.07 Å². The summed E-state index contributed by atoms with van der Waals surface area (Å²) in [4.78, 5) is 0. The Hall–Kier alpha value is -1.37. The minimum Gasteiger partial charge on any atom is -0.229 e. The molecule has 1 rings (SSSR count). The zero-order valence-corrected chi connectivity index (χ0v) is 8.68. The molecule has 14 heavy (non-hydrogen) atoms. The highest BCUT2D eigenvalue weighted by atomic mass is 19.1. The molecule has 0 fully saturated rings. The van der Waals surface area contributed by atoms with E-state index in [4.69, 9.17) is 0 Å². The first-order chi connectivity index (χ1) is 6.53. The van der Waals surface area contributed by atoms with Gasteiger partial charge in [0.1, 0.15) is 0 Å². The second-order valence-corrected chi connectivity index (χ2v) is 3.48. The molecule has 0 nitrogen and oxygen atoms in total. The predicted molar refractivity (Wildman–Crippen MR) is 59.1 cm³/mol. The van der Waals surface area contributed by atoms with Gasteiger partial charge in [-0.25, -0.2) is 4.39 Å². The fourth-order valence-electron chi connectivity index (χ4n) is 1.30. The van der Waals surface area contributed by atoms with E-state index in [1.165, 1.54) is 12.2 Å². The molecule has 0 aliphatic heterocycles. The molecule has 0 spiro atoms. The molecule has 0 unspecified atom stereocenters. The summed E-state index contributed by atoms with van der Waals surface area (Å²) in [7, 11) is 0. The number of benzene rings is 1. The largest absolute Gasteiger partial charge is 0.229 e. The van der Waals surface area contributed by atoms with Crippen LogP contribution in [0.25, 0.3) is 0 Å². The van der Waals surface area contributed by atoms with E-state index in [1.807, 2.05) is 26.0 Å². The van der Waals surface area contributed by atoms with Gasteiger partial charge in [-0.15, -0.1) is 0 Å². The lowest BCUT2D eigenvalue weighted by Gasteiger charge is -2.18. The van der Waals surface area contributed by atoms with E-state index in [-0.39, 0.29) is 0 Å². The molecule has 0 aliphatic carbocycles. The van der Waals surface area contributed by atoms with Crippen molar-refractivity contribution in [1.29, 1.82) is 0 Å². The molecule has 0 atom stereocenters. The van der Waals surface area contributed by atoms with E-state index >= 15 is 0 Å². The van der Waals surface area contributed by atoms with Crippen molar-refractivity contribution in [3.05, 3.63) is 60.2 Å². The van der Waals surface area contributed by atoms with Gasteiger partial charge in [0.2, 0.25) is 0 Å². The summed E-state index contributed by atoms with van der Waals surface area (Å²) in [5.74, 6) is 0. The van der Waals surface area contributed by atoms with Gasteiger partial charge in [-0.2, -0.15) is 0 Å². The first-order valence-corrected chi connectivity index (χ1v) is 4.57. The SMILES string of the molecule is C=CC(F)(C=C)c1ccc(C)c(C)c1. The van der Waals surface area contributed by atoms with Crippen LogP contribution >= 0.6 is 0 Å². The van der Waals surface area contributed by atoms with Crippen molar-refractivity contribution in [2.24, 2.45) is 0 Å². The molecule has 0 heterocycles. The van der Waals surface area contributed by atoms with E-state index in [0.717, 1.165) is 11.1 Å². The van der Waals surface area contributed by atoms with Crippen molar-refractivity contribution in [2.45, 2.75) is 19.5 Å². The highest BCUT2D eigenvalue weighted by Gasteiger charge is 2.23. The van der Waals surface area contributed by atoms with Gasteiger partial charge < -0.3 is 0 Å². The van der Waals surface area contributed by atoms with Crippen LogP contribution in [0.4, 0.5) is 4.39 Å². The third kappa shape index (κ3) is 1.77. The van der Waals surface area contributed by atoms with Crippen LogP contribution in [-0.2, 0) is 5.67 Å². The van der Waals surface area contributed by atoms with Crippen molar-refractivity contribution < 1.29 is 4.39 Å².